The van der Waals surface area contributed by atoms with Crippen LogP contribution in [0.15, 0.2) is 23.2 Å². The van der Waals surface area contributed by atoms with Gasteiger partial charge in [-0.05, 0) is 42.9 Å². The molecule has 2 aromatic rings. The van der Waals surface area contributed by atoms with Crippen LogP contribution in [0, 0.1) is 17.7 Å². The Morgan fingerprint density at radius 3 is 2.76 bits per heavy atom. The third kappa shape index (κ3) is 3.76. The van der Waals surface area contributed by atoms with Crippen molar-refractivity contribution in [2.24, 2.45) is 22.6 Å². The first-order valence-corrected chi connectivity index (χ1v) is 9.89. The number of benzene rings is 1. The summed E-state index contributed by atoms with van der Waals surface area (Å²) in [5.41, 5.74) is 7.18. The normalized spacial score (nSPS) is 21.1. The predicted molar refractivity (Wildman–Crippen MR) is 107 cm³/mol. The van der Waals surface area contributed by atoms with Crippen molar-refractivity contribution in [3.63, 3.8) is 0 Å². The van der Waals surface area contributed by atoms with E-state index in [4.69, 9.17) is 17.3 Å². The Morgan fingerprint density at radius 1 is 1.34 bits per heavy atom. The molecule has 1 fully saturated rings. The van der Waals surface area contributed by atoms with Gasteiger partial charge in [-0.15, -0.1) is 0 Å². The van der Waals surface area contributed by atoms with Gasteiger partial charge in [-0.25, -0.2) is 14.2 Å². The van der Waals surface area contributed by atoms with Crippen molar-refractivity contribution in [3.05, 3.63) is 40.3 Å². The van der Waals surface area contributed by atoms with Crippen LogP contribution in [-0.4, -0.2) is 39.4 Å². The van der Waals surface area contributed by atoms with Crippen molar-refractivity contribution < 1.29 is 14.0 Å². The van der Waals surface area contributed by atoms with Gasteiger partial charge >= 0.3 is 6.03 Å². The molecule has 1 aromatic carbocycles. The molecule has 0 spiro atoms. The molecule has 7 nitrogen and oxygen atoms in total. The molecule has 2 aliphatic rings. The molecule has 4 rings (SSSR count). The number of nitrogens with two attached hydrogens (primary N) is 1. The molecule has 152 valence electrons. The van der Waals surface area contributed by atoms with Gasteiger partial charge in [0.05, 0.1) is 29.4 Å². The fraction of sp³-hybridized carbons (Fsp3) is 0.400. The highest BCUT2D eigenvalue weighted by Crippen LogP contribution is 2.32. The van der Waals surface area contributed by atoms with E-state index in [0.29, 0.717) is 41.9 Å². The number of carbonyl (C=O) groups excluding carboxylic acids is 2. The quantitative estimate of drug-likeness (QED) is 0.774. The summed E-state index contributed by atoms with van der Waals surface area (Å²) >= 11 is 5.88. The van der Waals surface area contributed by atoms with Crippen LogP contribution in [0.2, 0.25) is 5.02 Å². The zero-order valence-electron chi connectivity index (χ0n) is 15.9. The molecular weight excluding hydrogens is 397 g/mol. The lowest BCUT2D eigenvalue weighted by Gasteiger charge is -2.30. The molecule has 29 heavy (non-hydrogen) atoms. The number of rotatable bonds is 3. The summed E-state index contributed by atoms with van der Waals surface area (Å²) < 4.78 is 15.2. The number of aliphatic imine (C=N–C) groups is 1. The molecule has 9 heteroatoms. The molecule has 0 unspecified atom stereocenters. The zero-order valence-corrected chi connectivity index (χ0v) is 16.7. The van der Waals surface area contributed by atoms with Gasteiger partial charge in [0.1, 0.15) is 11.5 Å². The van der Waals surface area contributed by atoms with Gasteiger partial charge in [-0.2, -0.15) is 5.10 Å². The average molecular weight is 418 g/mol. The van der Waals surface area contributed by atoms with Gasteiger partial charge in [0.25, 0.3) is 5.91 Å². The molecule has 2 heterocycles. The largest absolute Gasteiger partial charge is 0.365 e. The van der Waals surface area contributed by atoms with Crippen LogP contribution in [0.25, 0.3) is 11.3 Å². The van der Waals surface area contributed by atoms with E-state index in [0.717, 1.165) is 12.8 Å². The van der Waals surface area contributed by atoms with Gasteiger partial charge in [-0.1, -0.05) is 18.5 Å². The van der Waals surface area contributed by atoms with E-state index in [1.54, 1.807) is 15.8 Å². The molecule has 2 N–H and O–H groups in total. The van der Waals surface area contributed by atoms with Crippen molar-refractivity contribution in [2.45, 2.75) is 32.9 Å². The number of amides is 3. The van der Waals surface area contributed by atoms with Gasteiger partial charge in [0.2, 0.25) is 0 Å². The highest BCUT2D eigenvalue weighted by atomic mass is 35.5. The van der Waals surface area contributed by atoms with E-state index < -0.39 is 11.7 Å². The second-order valence-electron chi connectivity index (χ2n) is 7.71. The molecule has 1 aromatic heterocycles. The van der Waals surface area contributed by atoms with E-state index in [2.05, 4.69) is 17.0 Å². The molecule has 1 aliphatic carbocycles. The highest BCUT2D eigenvalue weighted by molar-refractivity contribution is 6.31. The first-order valence-electron chi connectivity index (χ1n) is 9.51. The smallest absolute Gasteiger partial charge is 0.343 e. The first-order chi connectivity index (χ1) is 13.8. The average Bonchev–Trinajstić information content (AvgIpc) is 3.05. The summed E-state index contributed by atoms with van der Waals surface area (Å²) in [6.45, 7) is 3.19. The topological polar surface area (TPSA) is 93.6 Å². The Morgan fingerprint density at radius 2 is 2.10 bits per heavy atom. The Hall–Kier alpha value is -2.74. The van der Waals surface area contributed by atoms with Crippen LogP contribution >= 0.6 is 11.6 Å². The number of urea groups is 1. The van der Waals surface area contributed by atoms with Gasteiger partial charge in [0.15, 0.2) is 0 Å². The van der Waals surface area contributed by atoms with Crippen molar-refractivity contribution in [1.29, 1.82) is 0 Å². The fourth-order valence-corrected chi connectivity index (χ4v) is 4.10. The number of hydrogen-bond acceptors (Lipinski definition) is 3. The van der Waals surface area contributed by atoms with Crippen molar-refractivity contribution in [3.8, 4) is 11.3 Å². The number of primary amides is 1. The minimum atomic E-state index is -0.664. The van der Waals surface area contributed by atoms with Crippen molar-refractivity contribution in [2.75, 3.05) is 6.54 Å². The number of carbonyl (C=O) groups is 2. The van der Waals surface area contributed by atoms with Crippen LogP contribution in [0.5, 0.6) is 0 Å². The summed E-state index contributed by atoms with van der Waals surface area (Å²) in [4.78, 5) is 30.3. The third-order valence-electron chi connectivity index (χ3n) is 5.50. The van der Waals surface area contributed by atoms with Gasteiger partial charge in [0, 0.05) is 18.3 Å². The maximum absolute atomic E-state index is 13.5. The molecule has 1 aliphatic heterocycles. The second-order valence-corrected chi connectivity index (χ2v) is 8.11. The van der Waals surface area contributed by atoms with Crippen LogP contribution < -0.4 is 5.73 Å². The highest BCUT2D eigenvalue weighted by Gasteiger charge is 2.30. The molecule has 0 atom stereocenters. The van der Waals surface area contributed by atoms with Crippen LogP contribution in [0.3, 0.4) is 0 Å². The van der Waals surface area contributed by atoms with Crippen molar-refractivity contribution in [1.82, 2.24) is 14.7 Å². The molecule has 3 amide bonds. The van der Waals surface area contributed by atoms with Gasteiger partial charge in [-0.3, -0.25) is 9.48 Å². The van der Waals surface area contributed by atoms with Crippen LogP contribution in [0.1, 0.15) is 35.8 Å². The zero-order chi connectivity index (χ0) is 20.7. The second kappa shape index (κ2) is 7.59. The van der Waals surface area contributed by atoms with E-state index in [9.17, 15) is 14.0 Å². The summed E-state index contributed by atoms with van der Waals surface area (Å²) in [6.07, 6.45) is 3.84. The first kappa shape index (κ1) is 19.6. The number of nitrogens with zero attached hydrogens (tertiary/aromatic N) is 4. The Labute approximate surface area is 172 Å². The molecule has 0 radical (unpaired) electrons. The fourth-order valence-electron chi connectivity index (χ4n) is 3.92. The lowest BCUT2D eigenvalue weighted by Crippen LogP contribution is -2.38. The van der Waals surface area contributed by atoms with E-state index in [1.165, 1.54) is 18.2 Å². The van der Waals surface area contributed by atoms with Crippen LogP contribution in [0.4, 0.5) is 9.18 Å². The minimum Gasteiger partial charge on any atom is -0.365 e. The number of hydrogen-bond donors (Lipinski definition) is 1. The third-order valence-corrected chi connectivity index (χ3v) is 5.79. The lowest BCUT2D eigenvalue weighted by molar-refractivity contribution is 0.0997. The molecule has 1 saturated carbocycles. The lowest BCUT2D eigenvalue weighted by atomic mass is 9.77. The number of aromatic nitrogens is 2. The Kier molecular flexibility index (Phi) is 5.12. The van der Waals surface area contributed by atoms with Crippen LogP contribution in [-0.2, 0) is 13.1 Å². The van der Waals surface area contributed by atoms with E-state index in [1.807, 2.05) is 0 Å². The summed E-state index contributed by atoms with van der Waals surface area (Å²) in [7, 11) is 0. The SMILES string of the molecule is CC1CC(C=NC(=O)N2CCn3nc(-c4ccc(F)c(Cl)c4)c(C(N)=O)c3C2)C1. The Balaban J connectivity index is 1.60. The van der Waals surface area contributed by atoms with Crippen molar-refractivity contribution >= 4 is 29.8 Å². The number of fused-ring (bicyclic) bond motifs is 1. The molecule has 0 saturated heterocycles. The summed E-state index contributed by atoms with van der Waals surface area (Å²) in [5, 5.41) is 4.40. The maximum Gasteiger partial charge on any atom is 0.343 e. The molecule has 0 bridgehead atoms. The summed E-state index contributed by atoms with van der Waals surface area (Å²) in [6, 6.07) is 3.78. The van der Waals surface area contributed by atoms with Gasteiger partial charge < -0.3 is 10.6 Å². The minimum absolute atomic E-state index is 0.0691. The maximum atomic E-state index is 13.5. The number of halogens is 2. The monoisotopic (exact) mass is 417 g/mol. The molecular formula is C20H21ClFN5O2. The van der Waals surface area contributed by atoms with E-state index >= 15 is 0 Å². The predicted octanol–water partition coefficient (Wildman–Crippen LogP) is 3.49. The van der Waals surface area contributed by atoms with E-state index in [-0.39, 0.29) is 23.2 Å². The standard InChI is InChI=1S/C20H21ClFN5O2/c1-11-6-12(7-11)9-24-20(29)26-4-5-27-16(10-26)17(19(23)28)18(25-27)13-2-3-15(22)14(21)8-13/h2-3,8-9,11-12H,4-7,10H2,1H3,(H2,23,28). The Bertz CT molecular complexity index is 1010. The summed E-state index contributed by atoms with van der Waals surface area (Å²) in [5.74, 6) is -0.180.